The normalized spacial score (nSPS) is 18.6. The Bertz CT molecular complexity index is 945. The van der Waals surface area contributed by atoms with Crippen LogP contribution in [0.25, 0.3) is 0 Å². The molecule has 29 heavy (non-hydrogen) atoms. The summed E-state index contributed by atoms with van der Waals surface area (Å²) in [5.41, 5.74) is 1.43. The highest BCUT2D eigenvalue weighted by atomic mass is 16.7. The maximum absolute atomic E-state index is 12.7. The van der Waals surface area contributed by atoms with Crippen LogP contribution in [-0.2, 0) is 20.8 Å². The van der Waals surface area contributed by atoms with E-state index in [2.05, 4.69) is 5.32 Å². The van der Waals surface area contributed by atoms with Crippen LogP contribution in [0.3, 0.4) is 0 Å². The van der Waals surface area contributed by atoms with Crippen molar-refractivity contribution in [2.75, 3.05) is 18.2 Å². The van der Waals surface area contributed by atoms with Gasteiger partial charge in [-0.25, -0.2) is 4.79 Å². The van der Waals surface area contributed by atoms with Gasteiger partial charge in [-0.3, -0.25) is 9.59 Å². The van der Waals surface area contributed by atoms with Crippen molar-refractivity contribution in [1.29, 1.82) is 0 Å². The summed E-state index contributed by atoms with van der Waals surface area (Å²) in [5, 5.41) is 12.1. The monoisotopic (exact) mass is 396 g/mol. The average molecular weight is 396 g/mol. The van der Waals surface area contributed by atoms with Crippen molar-refractivity contribution < 1.29 is 29.0 Å². The highest BCUT2D eigenvalue weighted by Gasteiger charge is 2.37. The van der Waals surface area contributed by atoms with Crippen LogP contribution < -0.4 is 19.7 Å². The van der Waals surface area contributed by atoms with Crippen LogP contribution in [0.15, 0.2) is 48.5 Å². The van der Waals surface area contributed by atoms with E-state index in [-0.39, 0.29) is 32.1 Å². The predicted molar refractivity (Wildman–Crippen MR) is 103 cm³/mol. The molecule has 0 aliphatic carbocycles. The van der Waals surface area contributed by atoms with Crippen molar-refractivity contribution in [2.45, 2.75) is 18.9 Å². The number of anilines is 1. The van der Waals surface area contributed by atoms with Gasteiger partial charge in [0.2, 0.25) is 18.6 Å². The quantitative estimate of drug-likeness (QED) is 0.768. The van der Waals surface area contributed by atoms with Gasteiger partial charge in [0.05, 0.1) is 5.92 Å². The summed E-state index contributed by atoms with van der Waals surface area (Å²) < 4.78 is 10.6. The summed E-state index contributed by atoms with van der Waals surface area (Å²) in [4.78, 5) is 38.2. The smallest absolute Gasteiger partial charge is 0.326 e. The number of hydrogen-bond acceptors (Lipinski definition) is 5. The lowest BCUT2D eigenvalue weighted by Crippen LogP contribution is -2.45. The SMILES string of the molecule is O=C(NC(Cc1ccccc1)C(=O)O)C1CC(=O)N(c2ccc3c(c2)OCO3)C1. The van der Waals surface area contributed by atoms with Crippen molar-refractivity contribution in [3.63, 3.8) is 0 Å². The van der Waals surface area contributed by atoms with Gasteiger partial charge in [0, 0.05) is 31.1 Å². The highest BCUT2D eigenvalue weighted by Crippen LogP contribution is 2.37. The third-order valence-electron chi connectivity index (χ3n) is 5.06. The highest BCUT2D eigenvalue weighted by molar-refractivity contribution is 6.01. The lowest BCUT2D eigenvalue weighted by atomic mass is 10.0. The number of nitrogens with one attached hydrogen (secondary N) is 1. The second-order valence-electron chi connectivity index (χ2n) is 7.03. The molecule has 2 atom stereocenters. The summed E-state index contributed by atoms with van der Waals surface area (Å²) in [6.07, 6.45) is 0.201. The predicted octanol–water partition coefficient (Wildman–Crippen LogP) is 1.58. The molecular formula is C21H20N2O6. The van der Waals surface area contributed by atoms with Crippen LogP contribution in [0.2, 0.25) is 0 Å². The molecule has 2 aliphatic heterocycles. The molecule has 0 radical (unpaired) electrons. The Kier molecular flexibility index (Phi) is 5.07. The van der Waals surface area contributed by atoms with Crippen LogP contribution in [0, 0.1) is 5.92 Å². The van der Waals surface area contributed by atoms with Crippen molar-refractivity contribution in [1.82, 2.24) is 5.32 Å². The number of aliphatic carboxylic acids is 1. The molecule has 2 unspecified atom stereocenters. The molecule has 2 amide bonds. The van der Waals surface area contributed by atoms with Gasteiger partial charge in [-0.1, -0.05) is 30.3 Å². The molecule has 1 fully saturated rings. The molecule has 0 bridgehead atoms. The number of carboxylic acids is 1. The molecule has 2 aromatic rings. The molecule has 0 aromatic heterocycles. The first kappa shape index (κ1) is 18.8. The van der Waals surface area contributed by atoms with E-state index < -0.39 is 23.8 Å². The van der Waals surface area contributed by atoms with Gasteiger partial charge in [0.25, 0.3) is 0 Å². The zero-order chi connectivity index (χ0) is 20.4. The third-order valence-corrected chi connectivity index (χ3v) is 5.06. The van der Waals surface area contributed by atoms with Crippen LogP contribution in [0.5, 0.6) is 11.5 Å². The molecule has 2 aromatic carbocycles. The number of amides is 2. The number of nitrogens with zero attached hydrogens (tertiary/aromatic N) is 1. The number of ether oxygens (including phenoxy) is 2. The van der Waals surface area contributed by atoms with Gasteiger partial charge < -0.3 is 24.8 Å². The van der Waals surface area contributed by atoms with Gasteiger partial charge in [0.1, 0.15) is 6.04 Å². The van der Waals surface area contributed by atoms with Gasteiger partial charge in [-0.15, -0.1) is 0 Å². The number of rotatable bonds is 6. The van der Waals surface area contributed by atoms with E-state index in [4.69, 9.17) is 9.47 Å². The summed E-state index contributed by atoms with van der Waals surface area (Å²) >= 11 is 0. The molecule has 2 heterocycles. The van der Waals surface area contributed by atoms with Gasteiger partial charge in [-0.2, -0.15) is 0 Å². The molecule has 4 rings (SSSR count). The zero-order valence-electron chi connectivity index (χ0n) is 15.5. The summed E-state index contributed by atoms with van der Waals surface area (Å²) in [6, 6.07) is 13.2. The fraction of sp³-hybridized carbons (Fsp3) is 0.286. The van der Waals surface area contributed by atoms with Gasteiger partial charge in [0.15, 0.2) is 11.5 Å². The minimum absolute atomic E-state index is 0.0257. The Hall–Kier alpha value is -3.55. The van der Waals surface area contributed by atoms with E-state index in [0.29, 0.717) is 17.2 Å². The first-order valence-corrected chi connectivity index (χ1v) is 9.28. The van der Waals surface area contributed by atoms with E-state index in [1.54, 1.807) is 18.2 Å². The number of benzene rings is 2. The Morgan fingerprint density at radius 1 is 1.14 bits per heavy atom. The topological polar surface area (TPSA) is 105 Å². The number of carbonyl (C=O) groups is 3. The molecule has 150 valence electrons. The number of carboxylic acid groups (broad SMARTS) is 1. The molecule has 8 heteroatoms. The third kappa shape index (κ3) is 4.01. The largest absolute Gasteiger partial charge is 0.480 e. The minimum atomic E-state index is -1.11. The van der Waals surface area contributed by atoms with Gasteiger partial charge in [-0.05, 0) is 17.7 Å². The Morgan fingerprint density at radius 3 is 2.66 bits per heavy atom. The standard InChI is InChI=1S/C21H20N2O6/c24-19-9-14(11-23(19)15-6-7-17-18(10-15)29-12-28-17)20(25)22-16(21(26)27)8-13-4-2-1-3-5-13/h1-7,10,14,16H,8-9,11-12H2,(H,22,25)(H,26,27). The van der Waals surface area contributed by atoms with Crippen molar-refractivity contribution in [2.24, 2.45) is 5.92 Å². The molecule has 0 saturated carbocycles. The number of hydrogen-bond donors (Lipinski definition) is 2. The fourth-order valence-electron chi connectivity index (χ4n) is 3.53. The van der Waals surface area contributed by atoms with Crippen molar-refractivity contribution >= 4 is 23.5 Å². The second kappa shape index (κ2) is 7.83. The Labute approximate surface area is 167 Å². The second-order valence-corrected chi connectivity index (χ2v) is 7.03. The summed E-state index contributed by atoms with van der Waals surface area (Å²) in [5.74, 6) is -1.20. The first-order valence-electron chi connectivity index (χ1n) is 9.28. The van der Waals surface area contributed by atoms with E-state index in [1.807, 2.05) is 30.3 Å². The maximum atomic E-state index is 12.7. The van der Waals surface area contributed by atoms with Crippen LogP contribution >= 0.6 is 0 Å². The summed E-state index contributed by atoms with van der Waals surface area (Å²) in [7, 11) is 0. The average Bonchev–Trinajstić information content (AvgIpc) is 3.34. The lowest BCUT2D eigenvalue weighted by Gasteiger charge is -2.19. The zero-order valence-corrected chi connectivity index (χ0v) is 15.5. The molecule has 0 spiro atoms. The van der Waals surface area contributed by atoms with Gasteiger partial charge >= 0.3 is 5.97 Å². The van der Waals surface area contributed by atoms with Crippen LogP contribution in [0.4, 0.5) is 5.69 Å². The van der Waals surface area contributed by atoms with Crippen LogP contribution in [0.1, 0.15) is 12.0 Å². The van der Waals surface area contributed by atoms with Crippen LogP contribution in [-0.4, -0.2) is 42.3 Å². The maximum Gasteiger partial charge on any atom is 0.326 e. The molecule has 1 saturated heterocycles. The minimum Gasteiger partial charge on any atom is -0.480 e. The first-order chi connectivity index (χ1) is 14.0. The van der Waals surface area contributed by atoms with E-state index in [9.17, 15) is 19.5 Å². The van der Waals surface area contributed by atoms with E-state index in [1.165, 1.54) is 4.90 Å². The van der Waals surface area contributed by atoms with Crippen molar-refractivity contribution in [3.05, 3.63) is 54.1 Å². The van der Waals surface area contributed by atoms with E-state index in [0.717, 1.165) is 5.56 Å². The summed E-state index contributed by atoms with van der Waals surface area (Å²) in [6.45, 7) is 0.317. The van der Waals surface area contributed by atoms with Crippen molar-refractivity contribution in [3.8, 4) is 11.5 Å². The molecule has 2 aliphatic rings. The lowest BCUT2D eigenvalue weighted by molar-refractivity contribution is -0.142. The molecule has 8 nitrogen and oxygen atoms in total. The molecular weight excluding hydrogens is 376 g/mol. The Morgan fingerprint density at radius 2 is 1.90 bits per heavy atom. The number of fused-ring (bicyclic) bond motifs is 1. The Balaban J connectivity index is 1.42. The molecule has 2 N–H and O–H groups in total. The van der Waals surface area contributed by atoms with E-state index >= 15 is 0 Å². The number of carbonyl (C=O) groups excluding carboxylic acids is 2. The fourth-order valence-corrected chi connectivity index (χ4v) is 3.53.